The van der Waals surface area contributed by atoms with E-state index in [0.717, 1.165) is 12.3 Å². The van der Waals surface area contributed by atoms with E-state index in [2.05, 4.69) is 9.41 Å². The lowest BCUT2D eigenvalue weighted by atomic mass is 9.98. The molecule has 0 saturated carbocycles. The first-order valence-electron chi connectivity index (χ1n) is 5.82. The molecule has 21 heavy (non-hydrogen) atoms. The molecule has 10 heteroatoms. The van der Waals surface area contributed by atoms with Crippen molar-refractivity contribution < 1.29 is 35.2 Å². The molecule has 0 aliphatic rings. The molecule has 122 valence electrons. The SMILES string of the molecule is C[Si](C)(C)OC(F)(c1cc[nH]c1)C(F)(F)C(F)(F)C(F)F. The van der Waals surface area contributed by atoms with Crippen LogP contribution in [0, 0.1) is 0 Å². The van der Waals surface area contributed by atoms with Crippen LogP contribution in [0.3, 0.4) is 0 Å². The van der Waals surface area contributed by atoms with Crippen LogP contribution in [0.1, 0.15) is 5.56 Å². The predicted molar refractivity (Wildman–Crippen MR) is 63.9 cm³/mol. The molecule has 0 aromatic carbocycles. The van der Waals surface area contributed by atoms with Crippen molar-refractivity contribution in [3.8, 4) is 0 Å². The van der Waals surface area contributed by atoms with Crippen molar-refractivity contribution in [1.82, 2.24) is 4.98 Å². The van der Waals surface area contributed by atoms with Gasteiger partial charge < -0.3 is 9.41 Å². The fourth-order valence-corrected chi connectivity index (χ4v) is 2.69. The van der Waals surface area contributed by atoms with Gasteiger partial charge in [0.05, 0.1) is 0 Å². The molecular formula is C11H14F7NOSi. The van der Waals surface area contributed by atoms with Crippen LogP contribution in [0.4, 0.5) is 30.7 Å². The van der Waals surface area contributed by atoms with Crippen LogP contribution < -0.4 is 0 Å². The molecule has 0 saturated heterocycles. The molecule has 1 atom stereocenters. The topological polar surface area (TPSA) is 25.0 Å². The summed E-state index contributed by atoms with van der Waals surface area (Å²) in [5.41, 5.74) is -0.977. The lowest BCUT2D eigenvalue weighted by Gasteiger charge is -2.40. The largest absolute Gasteiger partial charge is 0.379 e. The van der Waals surface area contributed by atoms with Crippen molar-refractivity contribution in [2.75, 3.05) is 0 Å². The minimum atomic E-state index is -5.89. The Kier molecular flexibility index (Phi) is 4.55. The maximum absolute atomic E-state index is 14.7. The molecule has 0 bridgehead atoms. The first-order valence-corrected chi connectivity index (χ1v) is 9.22. The quantitative estimate of drug-likeness (QED) is 0.599. The lowest BCUT2D eigenvalue weighted by molar-refractivity contribution is -0.358. The highest BCUT2D eigenvalue weighted by Gasteiger charge is 2.76. The van der Waals surface area contributed by atoms with Gasteiger partial charge in [-0.25, -0.2) is 13.2 Å². The van der Waals surface area contributed by atoms with E-state index in [1.807, 2.05) is 0 Å². The monoisotopic (exact) mass is 337 g/mol. The zero-order valence-electron chi connectivity index (χ0n) is 11.4. The van der Waals surface area contributed by atoms with Gasteiger partial charge in [0.25, 0.3) is 5.85 Å². The van der Waals surface area contributed by atoms with Crippen molar-refractivity contribution in [1.29, 1.82) is 0 Å². The second-order valence-corrected chi connectivity index (χ2v) is 9.84. The first-order chi connectivity index (χ1) is 9.26. The minimum absolute atomic E-state index is 0.662. The van der Waals surface area contributed by atoms with Crippen LogP contribution in [-0.2, 0) is 10.3 Å². The fraction of sp³-hybridized carbons (Fsp3) is 0.636. The number of H-pyrrole nitrogens is 1. The van der Waals surface area contributed by atoms with Gasteiger partial charge in [-0.15, -0.1) is 0 Å². The van der Waals surface area contributed by atoms with Gasteiger partial charge in [0.15, 0.2) is 8.32 Å². The number of aromatic amines is 1. The minimum Gasteiger partial charge on any atom is -0.379 e. The van der Waals surface area contributed by atoms with E-state index in [9.17, 15) is 30.7 Å². The number of nitrogens with one attached hydrogen (secondary N) is 1. The number of hydrogen-bond acceptors (Lipinski definition) is 1. The number of hydrogen-bond donors (Lipinski definition) is 1. The molecule has 1 rings (SSSR count). The smallest absolute Gasteiger partial charge is 0.376 e. The van der Waals surface area contributed by atoms with Gasteiger partial charge in [0, 0.05) is 18.0 Å². The van der Waals surface area contributed by atoms with Crippen LogP contribution in [-0.4, -0.2) is 31.6 Å². The van der Waals surface area contributed by atoms with Crippen LogP contribution in [0.5, 0.6) is 0 Å². The molecule has 1 aromatic heterocycles. The lowest BCUT2D eigenvalue weighted by Crippen LogP contribution is -2.60. The van der Waals surface area contributed by atoms with E-state index in [1.165, 1.54) is 19.6 Å². The second kappa shape index (κ2) is 5.31. The summed E-state index contributed by atoms with van der Waals surface area (Å²) in [7, 11) is -3.12. The molecule has 1 unspecified atom stereocenters. The summed E-state index contributed by atoms with van der Waals surface area (Å²) in [4.78, 5) is 2.20. The molecule has 1 heterocycles. The van der Waals surface area contributed by atoms with Gasteiger partial charge in [-0.2, -0.15) is 17.6 Å². The zero-order valence-corrected chi connectivity index (χ0v) is 12.4. The summed E-state index contributed by atoms with van der Waals surface area (Å²) in [6, 6.07) is 0.732. The van der Waals surface area contributed by atoms with Crippen LogP contribution in [0.25, 0.3) is 0 Å². The summed E-state index contributed by atoms with van der Waals surface area (Å²) < 4.78 is 97.9. The van der Waals surface area contributed by atoms with Crippen LogP contribution >= 0.6 is 0 Å². The maximum atomic E-state index is 14.7. The summed E-state index contributed by atoms with van der Waals surface area (Å²) >= 11 is 0. The molecule has 0 aliphatic heterocycles. The van der Waals surface area contributed by atoms with E-state index in [4.69, 9.17) is 0 Å². The summed E-state index contributed by atoms with van der Waals surface area (Å²) in [6.45, 7) is 3.81. The molecule has 0 fully saturated rings. The molecule has 0 radical (unpaired) electrons. The first kappa shape index (κ1) is 18.0. The highest BCUT2D eigenvalue weighted by Crippen LogP contribution is 2.53. The molecule has 2 nitrogen and oxygen atoms in total. The Morgan fingerprint density at radius 3 is 1.95 bits per heavy atom. The number of rotatable bonds is 6. The number of alkyl halides is 7. The highest BCUT2D eigenvalue weighted by atomic mass is 28.4. The van der Waals surface area contributed by atoms with Crippen molar-refractivity contribution in [3.63, 3.8) is 0 Å². The average Bonchev–Trinajstić information content (AvgIpc) is 2.79. The van der Waals surface area contributed by atoms with E-state index in [-0.39, 0.29) is 0 Å². The molecule has 0 amide bonds. The van der Waals surface area contributed by atoms with Gasteiger partial charge in [-0.3, -0.25) is 0 Å². The maximum Gasteiger partial charge on any atom is 0.376 e. The average molecular weight is 337 g/mol. The highest BCUT2D eigenvalue weighted by molar-refractivity contribution is 6.69. The predicted octanol–water partition coefficient (Wildman–Crippen LogP) is 4.52. The van der Waals surface area contributed by atoms with Crippen LogP contribution in [0.15, 0.2) is 18.5 Å². The number of halogens is 7. The Morgan fingerprint density at radius 1 is 1.10 bits per heavy atom. The van der Waals surface area contributed by atoms with E-state index < -0.39 is 38.0 Å². The van der Waals surface area contributed by atoms with Gasteiger partial charge in [0.1, 0.15) is 0 Å². The van der Waals surface area contributed by atoms with Crippen LogP contribution in [0.2, 0.25) is 19.6 Å². The van der Waals surface area contributed by atoms with E-state index in [1.54, 1.807) is 0 Å². The summed E-state index contributed by atoms with van der Waals surface area (Å²) in [5, 5.41) is 0. The van der Waals surface area contributed by atoms with Crippen molar-refractivity contribution >= 4 is 8.32 Å². The Morgan fingerprint density at radius 2 is 1.62 bits per heavy atom. The second-order valence-electron chi connectivity index (χ2n) is 5.41. The summed E-state index contributed by atoms with van der Waals surface area (Å²) in [6.07, 6.45) is -3.09. The molecular weight excluding hydrogens is 323 g/mol. The standard InChI is InChI=1S/C11H14F7NOSi/c1-21(2,3)20-10(16,7-4-5-19-6-7)11(17,18)9(14,15)8(12)13/h4-6,8,19H,1-3H3. The van der Waals surface area contributed by atoms with E-state index in [0.29, 0.717) is 6.20 Å². The van der Waals surface area contributed by atoms with Crippen molar-refractivity contribution in [2.24, 2.45) is 0 Å². The third-order valence-corrected chi connectivity index (χ3v) is 3.41. The Labute approximate surface area is 117 Å². The molecule has 1 N–H and O–H groups in total. The Bertz CT molecular complexity index is 471. The molecule has 0 aliphatic carbocycles. The van der Waals surface area contributed by atoms with Gasteiger partial charge in [0.2, 0.25) is 0 Å². The third kappa shape index (κ3) is 3.10. The van der Waals surface area contributed by atoms with E-state index >= 15 is 0 Å². The Balaban J connectivity index is 3.44. The van der Waals surface area contributed by atoms with Gasteiger partial charge >= 0.3 is 18.3 Å². The molecule has 0 spiro atoms. The van der Waals surface area contributed by atoms with Gasteiger partial charge in [-0.05, 0) is 25.7 Å². The van der Waals surface area contributed by atoms with Crippen molar-refractivity contribution in [2.45, 2.75) is 43.8 Å². The van der Waals surface area contributed by atoms with Gasteiger partial charge in [-0.1, -0.05) is 0 Å². The number of aromatic nitrogens is 1. The normalized spacial score (nSPS) is 17.1. The Hall–Kier alpha value is -1.03. The zero-order chi connectivity index (χ0) is 16.7. The van der Waals surface area contributed by atoms with Crippen molar-refractivity contribution in [3.05, 3.63) is 24.0 Å². The third-order valence-electron chi connectivity index (χ3n) is 2.51. The fourth-order valence-electron chi connectivity index (χ4n) is 1.60. The summed E-state index contributed by atoms with van der Waals surface area (Å²) in [5.74, 6) is -16.0. The molecule has 1 aromatic rings.